The van der Waals surface area contributed by atoms with Gasteiger partial charge in [-0.3, -0.25) is 0 Å². The van der Waals surface area contributed by atoms with E-state index in [4.69, 9.17) is 17.3 Å². The lowest BCUT2D eigenvalue weighted by Gasteiger charge is -2.08. The van der Waals surface area contributed by atoms with E-state index in [1.165, 1.54) is 6.07 Å². The molecule has 0 spiro atoms. The zero-order chi connectivity index (χ0) is 13.8. The van der Waals surface area contributed by atoms with Gasteiger partial charge < -0.3 is 5.73 Å². The van der Waals surface area contributed by atoms with Crippen molar-refractivity contribution in [3.8, 4) is 0 Å². The fraction of sp³-hybridized carbons (Fsp3) is 0.200. The molecular weight excluding hydrogens is 281 g/mol. The Bertz CT molecular complexity index is 572. The first kappa shape index (κ1) is 14.4. The third kappa shape index (κ3) is 3.96. The Balaban J connectivity index is 2.08. The number of hydrogen-bond acceptors (Lipinski definition) is 2. The second kappa shape index (κ2) is 6.42. The van der Waals surface area contributed by atoms with E-state index in [1.807, 2.05) is 31.2 Å². The van der Waals surface area contributed by atoms with Gasteiger partial charge in [-0.25, -0.2) is 4.39 Å². The van der Waals surface area contributed by atoms with Crippen molar-refractivity contribution in [1.82, 2.24) is 0 Å². The molecule has 0 bridgehead atoms. The Morgan fingerprint density at radius 1 is 1.26 bits per heavy atom. The zero-order valence-corrected chi connectivity index (χ0v) is 12.1. The molecule has 0 aromatic heterocycles. The monoisotopic (exact) mass is 295 g/mol. The third-order valence-corrected chi connectivity index (χ3v) is 4.07. The van der Waals surface area contributed by atoms with Gasteiger partial charge in [-0.1, -0.05) is 29.8 Å². The summed E-state index contributed by atoms with van der Waals surface area (Å²) in [6.45, 7) is 1.95. The summed E-state index contributed by atoms with van der Waals surface area (Å²) < 4.78 is 13.6. The van der Waals surface area contributed by atoms with Gasteiger partial charge in [0.05, 0.1) is 0 Å². The molecule has 2 aromatic carbocycles. The maximum Gasteiger partial charge on any atom is 0.128 e. The molecule has 2 rings (SSSR count). The van der Waals surface area contributed by atoms with Crippen molar-refractivity contribution in [1.29, 1.82) is 0 Å². The van der Waals surface area contributed by atoms with E-state index < -0.39 is 0 Å². The summed E-state index contributed by atoms with van der Waals surface area (Å²) in [5.41, 5.74) is 7.58. The predicted molar refractivity (Wildman–Crippen MR) is 80.0 cm³/mol. The van der Waals surface area contributed by atoms with Crippen LogP contribution in [0.15, 0.2) is 47.4 Å². The Morgan fingerprint density at radius 2 is 2.05 bits per heavy atom. The van der Waals surface area contributed by atoms with Crippen LogP contribution in [0.4, 0.5) is 4.39 Å². The molecule has 0 amide bonds. The summed E-state index contributed by atoms with van der Waals surface area (Å²) in [6.07, 6.45) is 0. The fourth-order valence-electron chi connectivity index (χ4n) is 1.69. The highest BCUT2D eigenvalue weighted by molar-refractivity contribution is 7.98. The van der Waals surface area contributed by atoms with Crippen LogP contribution < -0.4 is 5.73 Å². The van der Waals surface area contributed by atoms with Crippen molar-refractivity contribution in [2.75, 3.05) is 0 Å². The average Bonchev–Trinajstić information content (AvgIpc) is 2.38. The van der Waals surface area contributed by atoms with Crippen molar-refractivity contribution < 1.29 is 4.39 Å². The first-order valence-electron chi connectivity index (χ1n) is 5.98. The summed E-state index contributed by atoms with van der Waals surface area (Å²) in [7, 11) is 0. The van der Waals surface area contributed by atoms with Gasteiger partial charge in [-0.15, -0.1) is 11.8 Å². The maximum atomic E-state index is 13.6. The largest absolute Gasteiger partial charge is 0.324 e. The lowest BCUT2D eigenvalue weighted by atomic mass is 10.1. The van der Waals surface area contributed by atoms with Crippen LogP contribution in [0, 0.1) is 5.82 Å². The van der Waals surface area contributed by atoms with Crippen LogP contribution in [0.2, 0.25) is 5.02 Å². The van der Waals surface area contributed by atoms with Crippen molar-refractivity contribution in [3.05, 3.63) is 64.4 Å². The molecule has 0 fully saturated rings. The van der Waals surface area contributed by atoms with Crippen LogP contribution in [0.5, 0.6) is 0 Å². The molecule has 1 nitrogen and oxygen atoms in total. The minimum absolute atomic E-state index is 0.00724. The molecule has 19 heavy (non-hydrogen) atoms. The number of nitrogens with two attached hydrogens (primary N) is 1. The van der Waals surface area contributed by atoms with E-state index in [2.05, 4.69) is 0 Å². The lowest BCUT2D eigenvalue weighted by Crippen LogP contribution is -2.04. The number of benzene rings is 2. The van der Waals surface area contributed by atoms with Gasteiger partial charge in [0, 0.05) is 21.7 Å². The lowest BCUT2D eigenvalue weighted by molar-refractivity contribution is 0.617. The molecule has 100 valence electrons. The minimum atomic E-state index is -0.261. The molecule has 0 aliphatic heterocycles. The van der Waals surface area contributed by atoms with Crippen LogP contribution in [0.3, 0.4) is 0 Å². The highest BCUT2D eigenvalue weighted by atomic mass is 35.5. The van der Waals surface area contributed by atoms with Gasteiger partial charge in [0.2, 0.25) is 0 Å². The first-order valence-corrected chi connectivity index (χ1v) is 7.35. The van der Waals surface area contributed by atoms with E-state index >= 15 is 0 Å². The Labute approximate surface area is 122 Å². The molecule has 0 aliphatic rings. The van der Waals surface area contributed by atoms with Crippen molar-refractivity contribution >= 4 is 23.4 Å². The van der Waals surface area contributed by atoms with E-state index in [0.717, 1.165) is 10.5 Å². The standard InChI is InChI=1S/C15H15ClFNS/c1-10(18)11-3-2-4-14(7-11)19-9-12-5-6-13(16)8-15(12)17/h2-8,10H,9,18H2,1H3. The number of hydrogen-bond donors (Lipinski definition) is 1. The van der Waals surface area contributed by atoms with Crippen molar-refractivity contribution in [2.45, 2.75) is 23.6 Å². The normalized spacial score (nSPS) is 12.4. The quantitative estimate of drug-likeness (QED) is 0.821. The smallest absolute Gasteiger partial charge is 0.128 e. The molecule has 2 N–H and O–H groups in total. The third-order valence-electron chi connectivity index (χ3n) is 2.79. The maximum absolute atomic E-state index is 13.6. The zero-order valence-electron chi connectivity index (χ0n) is 10.6. The molecular formula is C15H15ClFNS. The first-order chi connectivity index (χ1) is 9.06. The van der Waals surface area contributed by atoms with E-state index in [0.29, 0.717) is 16.3 Å². The highest BCUT2D eigenvalue weighted by Gasteiger charge is 2.05. The van der Waals surface area contributed by atoms with E-state index in [-0.39, 0.29) is 11.9 Å². The van der Waals surface area contributed by atoms with Gasteiger partial charge in [-0.05, 0) is 42.3 Å². The highest BCUT2D eigenvalue weighted by Crippen LogP contribution is 2.27. The fourth-order valence-corrected chi connectivity index (χ4v) is 2.80. The SMILES string of the molecule is CC(N)c1cccc(SCc2ccc(Cl)cc2F)c1. The molecule has 2 aromatic rings. The van der Waals surface area contributed by atoms with Crippen LogP contribution in [-0.2, 0) is 5.75 Å². The van der Waals surface area contributed by atoms with Crippen molar-refractivity contribution in [2.24, 2.45) is 5.73 Å². The van der Waals surface area contributed by atoms with E-state index in [9.17, 15) is 4.39 Å². The molecule has 1 unspecified atom stereocenters. The topological polar surface area (TPSA) is 26.0 Å². The molecule has 0 aliphatic carbocycles. The van der Waals surface area contributed by atoms with Gasteiger partial charge >= 0.3 is 0 Å². The summed E-state index contributed by atoms with van der Waals surface area (Å²) in [4.78, 5) is 1.09. The number of thioether (sulfide) groups is 1. The Kier molecular flexibility index (Phi) is 4.86. The minimum Gasteiger partial charge on any atom is -0.324 e. The van der Waals surface area contributed by atoms with Crippen LogP contribution in [0.25, 0.3) is 0 Å². The Morgan fingerprint density at radius 3 is 2.74 bits per heavy atom. The molecule has 1 atom stereocenters. The van der Waals surface area contributed by atoms with Crippen molar-refractivity contribution in [3.63, 3.8) is 0 Å². The van der Waals surface area contributed by atoms with Crippen LogP contribution in [-0.4, -0.2) is 0 Å². The van der Waals surface area contributed by atoms with Gasteiger partial charge in [0.1, 0.15) is 5.82 Å². The number of halogens is 2. The second-order valence-corrected chi connectivity index (χ2v) is 5.87. The molecule has 0 saturated carbocycles. The molecule has 0 saturated heterocycles. The van der Waals surface area contributed by atoms with Gasteiger partial charge in [0.25, 0.3) is 0 Å². The van der Waals surface area contributed by atoms with Crippen LogP contribution >= 0.6 is 23.4 Å². The predicted octanol–water partition coefficient (Wildman–Crippen LogP) is 4.79. The summed E-state index contributed by atoms with van der Waals surface area (Å²) in [5.74, 6) is 0.314. The Hall–Kier alpha value is -1.03. The summed E-state index contributed by atoms with van der Waals surface area (Å²) in [6, 6.07) is 12.8. The molecule has 0 radical (unpaired) electrons. The van der Waals surface area contributed by atoms with E-state index in [1.54, 1.807) is 23.9 Å². The second-order valence-electron chi connectivity index (χ2n) is 4.39. The van der Waals surface area contributed by atoms with Crippen LogP contribution in [0.1, 0.15) is 24.1 Å². The molecule has 4 heteroatoms. The summed E-state index contributed by atoms with van der Waals surface area (Å²) in [5, 5.41) is 0.421. The average molecular weight is 296 g/mol. The summed E-state index contributed by atoms with van der Waals surface area (Å²) >= 11 is 7.32. The van der Waals surface area contributed by atoms with Gasteiger partial charge in [-0.2, -0.15) is 0 Å². The number of rotatable bonds is 4. The molecule has 0 heterocycles. The van der Waals surface area contributed by atoms with Gasteiger partial charge in [0.15, 0.2) is 0 Å².